The van der Waals surface area contributed by atoms with Crippen LogP contribution in [0.3, 0.4) is 0 Å². The van der Waals surface area contributed by atoms with E-state index in [1.54, 1.807) is 31.2 Å². The SMILES string of the molecule is CC#COc1ccccc1C(N)=O. The van der Waals surface area contributed by atoms with E-state index in [9.17, 15) is 4.79 Å². The van der Waals surface area contributed by atoms with Gasteiger partial charge in [0.25, 0.3) is 5.91 Å². The number of ether oxygens (including phenoxy) is 1. The molecule has 0 aliphatic carbocycles. The van der Waals surface area contributed by atoms with E-state index in [4.69, 9.17) is 10.5 Å². The first-order valence-corrected chi connectivity index (χ1v) is 3.73. The van der Waals surface area contributed by atoms with Gasteiger partial charge in [0.1, 0.15) is 6.11 Å². The summed E-state index contributed by atoms with van der Waals surface area (Å²) >= 11 is 0. The summed E-state index contributed by atoms with van der Waals surface area (Å²) in [5.41, 5.74) is 5.46. The van der Waals surface area contributed by atoms with E-state index in [-0.39, 0.29) is 0 Å². The number of carbonyl (C=O) groups excluding carboxylic acids is 1. The van der Waals surface area contributed by atoms with Gasteiger partial charge in [0.05, 0.1) is 5.56 Å². The lowest BCUT2D eigenvalue weighted by atomic mass is 10.2. The highest BCUT2D eigenvalue weighted by Crippen LogP contribution is 2.16. The van der Waals surface area contributed by atoms with E-state index in [1.807, 2.05) is 0 Å². The van der Waals surface area contributed by atoms with Gasteiger partial charge >= 0.3 is 0 Å². The monoisotopic (exact) mass is 175 g/mol. The van der Waals surface area contributed by atoms with Gasteiger partial charge < -0.3 is 10.5 Å². The van der Waals surface area contributed by atoms with Crippen molar-refractivity contribution in [3.8, 4) is 17.8 Å². The quantitative estimate of drug-likeness (QED) is 0.685. The van der Waals surface area contributed by atoms with E-state index >= 15 is 0 Å². The number of carbonyl (C=O) groups is 1. The van der Waals surface area contributed by atoms with Crippen molar-refractivity contribution in [3.05, 3.63) is 29.8 Å². The third-order valence-corrected chi connectivity index (χ3v) is 1.42. The zero-order valence-electron chi connectivity index (χ0n) is 7.20. The Labute approximate surface area is 76.5 Å². The minimum absolute atomic E-state index is 0.338. The third-order valence-electron chi connectivity index (χ3n) is 1.42. The summed E-state index contributed by atoms with van der Waals surface area (Å²) in [5, 5.41) is 0. The molecule has 0 heterocycles. The third kappa shape index (κ3) is 2.24. The standard InChI is InChI=1S/C10H9NO2/c1-2-7-13-9-6-4-3-5-8(9)10(11)12/h3-6H,1H3,(H2,11,12). The number of para-hydroxylation sites is 1. The summed E-state index contributed by atoms with van der Waals surface area (Å²) in [7, 11) is 0. The molecule has 66 valence electrons. The van der Waals surface area contributed by atoms with Crippen LogP contribution >= 0.6 is 0 Å². The number of nitrogens with two attached hydrogens (primary N) is 1. The molecule has 0 saturated heterocycles. The second-order valence-electron chi connectivity index (χ2n) is 2.31. The lowest BCUT2D eigenvalue weighted by Gasteiger charge is -2.01. The fraction of sp³-hybridized carbons (Fsp3) is 0.100. The smallest absolute Gasteiger partial charge is 0.252 e. The number of rotatable bonds is 2. The van der Waals surface area contributed by atoms with Crippen LogP contribution < -0.4 is 10.5 Å². The lowest BCUT2D eigenvalue weighted by molar-refractivity contribution is 0.0998. The molecule has 0 unspecified atom stereocenters. The Kier molecular flexibility index (Phi) is 2.93. The van der Waals surface area contributed by atoms with Crippen LogP contribution in [-0.4, -0.2) is 5.91 Å². The van der Waals surface area contributed by atoms with Crippen LogP contribution in [0.25, 0.3) is 0 Å². The normalized spacial score (nSPS) is 8.38. The fourth-order valence-electron chi connectivity index (χ4n) is 0.865. The van der Waals surface area contributed by atoms with Crippen LogP contribution in [0.2, 0.25) is 0 Å². The summed E-state index contributed by atoms with van der Waals surface area (Å²) in [5.74, 6) is 2.43. The zero-order valence-corrected chi connectivity index (χ0v) is 7.20. The Bertz CT molecular complexity index is 374. The highest BCUT2D eigenvalue weighted by molar-refractivity contribution is 5.95. The highest BCUT2D eigenvalue weighted by atomic mass is 16.5. The predicted octanol–water partition coefficient (Wildman–Crippen LogP) is 1.15. The summed E-state index contributed by atoms with van der Waals surface area (Å²) in [6.45, 7) is 1.65. The van der Waals surface area contributed by atoms with Gasteiger partial charge in [0.15, 0.2) is 5.75 Å². The van der Waals surface area contributed by atoms with E-state index in [1.165, 1.54) is 0 Å². The van der Waals surface area contributed by atoms with Crippen molar-refractivity contribution in [1.29, 1.82) is 0 Å². The van der Waals surface area contributed by atoms with Crippen LogP contribution in [0.4, 0.5) is 0 Å². The van der Waals surface area contributed by atoms with Gasteiger partial charge in [0, 0.05) is 6.92 Å². The lowest BCUT2D eigenvalue weighted by Crippen LogP contribution is -2.11. The van der Waals surface area contributed by atoms with E-state index < -0.39 is 5.91 Å². The molecule has 3 nitrogen and oxygen atoms in total. The van der Waals surface area contributed by atoms with E-state index in [0.29, 0.717) is 11.3 Å². The molecule has 0 fully saturated rings. The highest BCUT2D eigenvalue weighted by Gasteiger charge is 2.06. The molecule has 1 aromatic rings. The molecule has 0 aliphatic rings. The van der Waals surface area contributed by atoms with Crippen LogP contribution in [0.5, 0.6) is 5.75 Å². The molecule has 0 bridgehead atoms. The second kappa shape index (κ2) is 4.17. The Morgan fingerprint density at radius 1 is 1.46 bits per heavy atom. The van der Waals surface area contributed by atoms with E-state index in [2.05, 4.69) is 12.0 Å². The Hall–Kier alpha value is -1.95. The molecule has 0 spiro atoms. The summed E-state index contributed by atoms with van der Waals surface area (Å²) in [6.07, 6.45) is 2.40. The van der Waals surface area contributed by atoms with E-state index in [0.717, 1.165) is 0 Å². The molecular formula is C10H9NO2. The van der Waals surface area contributed by atoms with Gasteiger partial charge in [-0.2, -0.15) is 0 Å². The predicted molar refractivity (Wildman–Crippen MR) is 49.0 cm³/mol. The molecule has 1 aromatic carbocycles. The van der Waals surface area contributed by atoms with Crippen molar-refractivity contribution in [3.63, 3.8) is 0 Å². The number of hydrogen-bond donors (Lipinski definition) is 1. The molecule has 0 radical (unpaired) electrons. The molecule has 0 atom stereocenters. The maximum absolute atomic E-state index is 10.9. The van der Waals surface area contributed by atoms with Crippen LogP contribution in [0, 0.1) is 12.0 Å². The number of amides is 1. The Morgan fingerprint density at radius 2 is 2.15 bits per heavy atom. The first-order valence-electron chi connectivity index (χ1n) is 3.73. The van der Waals surface area contributed by atoms with Gasteiger partial charge in [0.2, 0.25) is 0 Å². The molecule has 1 amide bonds. The van der Waals surface area contributed by atoms with Crippen molar-refractivity contribution in [2.24, 2.45) is 5.73 Å². The van der Waals surface area contributed by atoms with Crippen molar-refractivity contribution in [2.45, 2.75) is 6.92 Å². The van der Waals surface area contributed by atoms with Crippen molar-refractivity contribution < 1.29 is 9.53 Å². The first kappa shape index (κ1) is 9.14. The summed E-state index contributed by atoms with van der Waals surface area (Å²) in [4.78, 5) is 10.9. The van der Waals surface area contributed by atoms with Gasteiger partial charge in [-0.1, -0.05) is 18.1 Å². The topological polar surface area (TPSA) is 52.3 Å². The maximum atomic E-state index is 10.9. The van der Waals surface area contributed by atoms with Gasteiger partial charge in [-0.05, 0) is 12.1 Å². The fourth-order valence-corrected chi connectivity index (χ4v) is 0.865. The Balaban J connectivity index is 3.02. The largest absolute Gasteiger partial charge is 0.407 e. The minimum atomic E-state index is -0.520. The molecule has 0 aromatic heterocycles. The minimum Gasteiger partial charge on any atom is -0.407 e. The van der Waals surface area contributed by atoms with Crippen molar-refractivity contribution in [1.82, 2.24) is 0 Å². The van der Waals surface area contributed by atoms with Crippen LogP contribution in [-0.2, 0) is 0 Å². The number of primary amides is 1. The first-order chi connectivity index (χ1) is 6.25. The molecule has 1 rings (SSSR count). The second-order valence-corrected chi connectivity index (χ2v) is 2.31. The Morgan fingerprint density at radius 3 is 2.77 bits per heavy atom. The van der Waals surface area contributed by atoms with Gasteiger partial charge in [-0.25, -0.2) is 0 Å². The zero-order chi connectivity index (χ0) is 9.68. The molecule has 0 aliphatic heterocycles. The molecular weight excluding hydrogens is 166 g/mol. The van der Waals surface area contributed by atoms with Crippen LogP contribution in [0.15, 0.2) is 24.3 Å². The van der Waals surface area contributed by atoms with Crippen molar-refractivity contribution >= 4 is 5.91 Å². The maximum Gasteiger partial charge on any atom is 0.252 e. The average Bonchev–Trinajstić information content (AvgIpc) is 2.15. The number of benzene rings is 1. The van der Waals surface area contributed by atoms with Crippen molar-refractivity contribution in [2.75, 3.05) is 0 Å². The summed E-state index contributed by atoms with van der Waals surface area (Å²) < 4.78 is 4.99. The van der Waals surface area contributed by atoms with Crippen LogP contribution in [0.1, 0.15) is 17.3 Å². The number of hydrogen-bond acceptors (Lipinski definition) is 2. The average molecular weight is 175 g/mol. The molecule has 2 N–H and O–H groups in total. The molecule has 13 heavy (non-hydrogen) atoms. The molecule has 0 saturated carbocycles. The van der Waals surface area contributed by atoms with Gasteiger partial charge in [-0.15, -0.1) is 0 Å². The molecule has 3 heteroatoms. The summed E-state index contributed by atoms with van der Waals surface area (Å²) in [6, 6.07) is 6.70. The van der Waals surface area contributed by atoms with Gasteiger partial charge in [-0.3, -0.25) is 4.79 Å².